The van der Waals surface area contributed by atoms with Crippen LogP contribution >= 0.6 is 15.9 Å². The Labute approximate surface area is 121 Å². The van der Waals surface area contributed by atoms with Crippen LogP contribution in [-0.2, 0) is 0 Å². The lowest BCUT2D eigenvalue weighted by atomic mass is 10.2. The molecule has 5 nitrogen and oxygen atoms in total. The molecule has 0 saturated heterocycles. The Morgan fingerprint density at radius 1 is 1.25 bits per heavy atom. The average Bonchev–Trinajstić information content (AvgIpc) is 2.91. The number of anilines is 1. The van der Waals surface area contributed by atoms with Gasteiger partial charge < -0.3 is 5.32 Å². The van der Waals surface area contributed by atoms with Crippen molar-refractivity contribution in [3.05, 3.63) is 58.6 Å². The molecule has 1 amide bonds. The van der Waals surface area contributed by atoms with Gasteiger partial charge in [-0.05, 0) is 24.3 Å². The first-order chi connectivity index (χ1) is 9.65. The standard InChI is InChI=1S/C13H8BrFN4O/c14-8-1-2-10(15)9(7-8)13(20)18-12-3-5-16-11-4-6-17-19(11)12/h1-7H,(H,18,20). The Hall–Kier alpha value is -2.28. The monoisotopic (exact) mass is 334 g/mol. The van der Waals surface area contributed by atoms with Crippen LogP contribution in [0.2, 0.25) is 0 Å². The normalized spacial score (nSPS) is 10.7. The van der Waals surface area contributed by atoms with Crippen molar-refractivity contribution in [3.8, 4) is 0 Å². The lowest BCUT2D eigenvalue weighted by Crippen LogP contribution is -2.16. The van der Waals surface area contributed by atoms with Crippen molar-refractivity contribution in [2.75, 3.05) is 5.32 Å². The van der Waals surface area contributed by atoms with Crippen LogP contribution in [0.15, 0.2) is 47.2 Å². The van der Waals surface area contributed by atoms with Gasteiger partial charge in [-0.3, -0.25) is 4.79 Å². The van der Waals surface area contributed by atoms with Gasteiger partial charge >= 0.3 is 0 Å². The van der Waals surface area contributed by atoms with Gasteiger partial charge in [-0.2, -0.15) is 9.61 Å². The highest BCUT2D eigenvalue weighted by Crippen LogP contribution is 2.17. The van der Waals surface area contributed by atoms with E-state index >= 15 is 0 Å². The molecular formula is C13H8BrFN4O. The number of nitrogens with one attached hydrogen (secondary N) is 1. The molecule has 0 aliphatic heterocycles. The van der Waals surface area contributed by atoms with Crippen LogP contribution in [-0.4, -0.2) is 20.5 Å². The van der Waals surface area contributed by atoms with E-state index in [2.05, 4.69) is 31.3 Å². The van der Waals surface area contributed by atoms with Crippen LogP contribution in [0.3, 0.4) is 0 Å². The summed E-state index contributed by atoms with van der Waals surface area (Å²) in [5.41, 5.74) is 0.550. The molecule has 0 saturated carbocycles. The summed E-state index contributed by atoms with van der Waals surface area (Å²) in [6.45, 7) is 0. The smallest absolute Gasteiger partial charge is 0.259 e. The fourth-order valence-electron chi connectivity index (χ4n) is 1.78. The fourth-order valence-corrected chi connectivity index (χ4v) is 2.15. The molecule has 0 unspecified atom stereocenters. The molecule has 0 bridgehead atoms. The van der Waals surface area contributed by atoms with Crippen molar-refractivity contribution < 1.29 is 9.18 Å². The van der Waals surface area contributed by atoms with Gasteiger partial charge in [-0.1, -0.05) is 15.9 Å². The molecule has 0 aliphatic carbocycles. The predicted molar refractivity (Wildman–Crippen MR) is 75.0 cm³/mol. The van der Waals surface area contributed by atoms with Crippen molar-refractivity contribution in [2.45, 2.75) is 0 Å². The van der Waals surface area contributed by atoms with Crippen LogP contribution in [0.1, 0.15) is 10.4 Å². The van der Waals surface area contributed by atoms with Crippen LogP contribution < -0.4 is 5.32 Å². The summed E-state index contributed by atoms with van der Waals surface area (Å²) < 4.78 is 15.8. The SMILES string of the molecule is O=C(Nc1ccnc2ccnn12)c1cc(Br)ccc1F. The van der Waals surface area contributed by atoms with Gasteiger partial charge in [0.1, 0.15) is 11.6 Å². The van der Waals surface area contributed by atoms with Gasteiger partial charge in [0.05, 0.1) is 11.8 Å². The molecule has 20 heavy (non-hydrogen) atoms. The van der Waals surface area contributed by atoms with Crippen molar-refractivity contribution in [2.24, 2.45) is 0 Å². The highest BCUT2D eigenvalue weighted by Gasteiger charge is 2.14. The maximum atomic E-state index is 13.7. The van der Waals surface area contributed by atoms with E-state index in [-0.39, 0.29) is 5.56 Å². The van der Waals surface area contributed by atoms with E-state index in [1.54, 1.807) is 24.5 Å². The number of amides is 1. The highest BCUT2D eigenvalue weighted by atomic mass is 79.9. The second-order valence-corrected chi connectivity index (χ2v) is 4.93. The minimum atomic E-state index is -0.587. The first-order valence-corrected chi connectivity index (χ1v) is 6.49. The molecule has 100 valence electrons. The van der Waals surface area contributed by atoms with E-state index in [9.17, 15) is 9.18 Å². The summed E-state index contributed by atoms with van der Waals surface area (Å²) in [6, 6.07) is 7.48. The topological polar surface area (TPSA) is 59.3 Å². The number of nitrogens with zero attached hydrogens (tertiary/aromatic N) is 3. The minimum Gasteiger partial charge on any atom is -0.306 e. The van der Waals surface area contributed by atoms with E-state index in [0.717, 1.165) is 0 Å². The maximum Gasteiger partial charge on any atom is 0.259 e. The number of hydrogen-bond acceptors (Lipinski definition) is 3. The van der Waals surface area contributed by atoms with Gasteiger partial charge in [0.15, 0.2) is 5.65 Å². The van der Waals surface area contributed by atoms with E-state index in [1.807, 2.05) is 0 Å². The molecule has 7 heteroatoms. The largest absolute Gasteiger partial charge is 0.306 e. The minimum absolute atomic E-state index is 0.0449. The average molecular weight is 335 g/mol. The predicted octanol–water partition coefficient (Wildman–Crippen LogP) is 2.88. The van der Waals surface area contributed by atoms with Crippen molar-refractivity contribution in [1.29, 1.82) is 0 Å². The molecule has 2 aromatic heterocycles. The van der Waals surface area contributed by atoms with Crippen LogP contribution in [0.25, 0.3) is 5.65 Å². The van der Waals surface area contributed by atoms with E-state index in [4.69, 9.17) is 0 Å². The molecule has 3 aromatic rings. The second-order valence-electron chi connectivity index (χ2n) is 4.01. The highest BCUT2D eigenvalue weighted by molar-refractivity contribution is 9.10. The summed E-state index contributed by atoms with van der Waals surface area (Å²) in [4.78, 5) is 16.2. The summed E-state index contributed by atoms with van der Waals surface area (Å²) in [5.74, 6) is -0.715. The van der Waals surface area contributed by atoms with Crippen LogP contribution in [0.4, 0.5) is 10.2 Å². The summed E-state index contributed by atoms with van der Waals surface area (Å²) in [5, 5.41) is 6.66. The quantitative estimate of drug-likeness (QED) is 0.783. The lowest BCUT2D eigenvalue weighted by Gasteiger charge is -2.07. The molecule has 1 N–H and O–H groups in total. The maximum absolute atomic E-state index is 13.7. The Morgan fingerprint density at radius 2 is 2.10 bits per heavy atom. The first-order valence-electron chi connectivity index (χ1n) is 5.70. The molecule has 0 spiro atoms. The Balaban J connectivity index is 1.96. The van der Waals surface area contributed by atoms with Crippen molar-refractivity contribution in [3.63, 3.8) is 0 Å². The zero-order valence-electron chi connectivity index (χ0n) is 10.0. The third-order valence-corrected chi connectivity index (χ3v) is 3.20. The third-order valence-electron chi connectivity index (χ3n) is 2.70. The molecule has 0 radical (unpaired) electrons. The Morgan fingerprint density at radius 3 is 2.95 bits per heavy atom. The molecule has 0 atom stereocenters. The number of benzene rings is 1. The number of carbonyl (C=O) groups excluding carboxylic acids is 1. The van der Waals surface area contributed by atoms with Gasteiger partial charge in [0.2, 0.25) is 0 Å². The van der Waals surface area contributed by atoms with E-state index in [0.29, 0.717) is 15.9 Å². The van der Waals surface area contributed by atoms with Gasteiger partial charge in [-0.25, -0.2) is 9.37 Å². The Kier molecular flexibility index (Phi) is 3.19. The molecule has 0 fully saturated rings. The third kappa shape index (κ3) is 2.27. The first kappa shape index (κ1) is 12.7. The number of carbonyl (C=O) groups is 1. The number of fused-ring (bicyclic) bond motifs is 1. The number of aromatic nitrogens is 3. The zero-order chi connectivity index (χ0) is 14.1. The molecule has 0 aliphatic rings. The molecule has 1 aromatic carbocycles. The van der Waals surface area contributed by atoms with Gasteiger partial charge in [-0.15, -0.1) is 0 Å². The fraction of sp³-hybridized carbons (Fsp3) is 0. The molecular weight excluding hydrogens is 327 g/mol. The number of hydrogen-bond donors (Lipinski definition) is 1. The summed E-state index contributed by atoms with van der Waals surface area (Å²) >= 11 is 3.21. The van der Waals surface area contributed by atoms with Crippen LogP contribution in [0, 0.1) is 5.82 Å². The summed E-state index contributed by atoms with van der Waals surface area (Å²) in [6.07, 6.45) is 3.11. The number of halogens is 2. The van der Waals surface area contributed by atoms with Crippen molar-refractivity contribution >= 4 is 33.3 Å². The zero-order valence-corrected chi connectivity index (χ0v) is 11.6. The van der Waals surface area contributed by atoms with Crippen LogP contribution in [0.5, 0.6) is 0 Å². The second kappa shape index (κ2) is 5.01. The lowest BCUT2D eigenvalue weighted by molar-refractivity contribution is 0.102. The van der Waals surface area contributed by atoms with E-state index < -0.39 is 11.7 Å². The molecule has 2 heterocycles. The number of rotatable bonds is 2. The summed E-state index contributed by atoms with van der Waals surface area (Å²) in [7, 11) is 0. The van der Waals surface area contributed by atoms with Gasteiger partial charge in [0, 0.05) is 16.7 Å². The van der Waals surface area contributed by atoms with Gasteiger partial charge in [0.25, 0.3) is 5.91 Å². The Bertz CT molecular complexity index is 802. The molecule has 3 rings (SSSR count). The van der Waals surface area contributed by atoms with Crippen molar-refractivity contribution in [1.82, 2.24) is 14.6 Å². The van der Waals surface area contributed by atoms with E-state index in [1.165, 1.54) is 22.7 Å².